The summed E-state index contributed by atoms with van der Waals surface area (Å²) in [6.07, 6.45) is 2.23. The molecule has 0 radical (unpaired) electrons. The zero-order chi connectivity index (χ0) is 17.5. The standard InChI is InChI=1S/C16H13F2N3O2S/c1-10-5-6-14(20-11(10)2)24(22,23)21-9-7-13(17)15(21)12-4-3-8-19-16(12)18/h3-9H,1-2H3. The van der Waals surface area contributed by atoms with Gasteiger partial charge in [-0.3, -0.25) is 0 Å². The van der Waals surface area contributed by atoms with Crippen molar-refractivity contribution in [2.45, 2.75) is 18.9 Å². The Bertz CT molecular complexity index is 1030. The van der Waals surface area contributed by atoms with E-state index in [2.05, 4.69) is 9.97 Å². The smallest absolute Gasteiger partial charge is 0.240 e. The number of pyridine rings is 2. The molecule has 0 unspecified atom stereocenters. The summed E-state index contributed by atoms with van der Waals surface area (Å²) in [5.41, 5.74) is 0.706. The molecule has 0 aliphatic rings. The van der Waals surface area contributed by atoms with Crippen LogP contribution in [0.2, 0.25) is 0 Å². The van der Waals surface area contributed by atoms with Crippen LogP contribution in [0, 0.1) is 25.6 Å². The number of nitrogens with zero attached hydrogens (tertiary/aromatic N) is 3. The first-order chi connectivity index (χ1) is 11.3. The molecule has 3 rings (SSSR count). The average Bonchev–Trinajstić information content (AvgIpc) is 2.93. The van der Waals surface area contributed by atoms with Crippen LogP contribution in [0.25, 0.3) is 11.3 Å². The lowest BCUT2D eigenvalue weighted by Gasteiger charge is -2.11. The maximum absolute atomic E-state index is 14.2. The molecule has 0 bridgehead atoms. The number of halogens is 2. The van der Waals surface area contributed by atoms with Gasteiger partial charge in [0.1, 0.15) is 11.5 Å². The van der Waals surface area contributed by atoms with Crippen molar-refractivity contribution in [3.8, 4) is 11.3 Å². The van der Waals surface area contributed by atoms with E-state index in [1.54, 1.807) is 19.9 Å². The Morgan fingerprint density at radius 1 is 1.08 bits per heavy atom. The van der Waals surface area contributed by atoms with Crippen LogP contribution < -0.4 is 0 Å². The van der Waals surface area contributed by atoms with Gasteiger partial charge in [0.2, 0.25) is 5.95 Å². The molecular weight excluding hydrogens is 336 g/mol. The molecule has 0 saturated carbocycles. The first kappa shape index (κ1) is 16.3. The molecule has 8 heteroatoms. The van der Waals surface area contributed by atoms with Crippen LogP contribution in [-0.4, -0.2) is 22.4 Å². The van der Waals surface area contributed by atoms with Crippen molar-refractivity contribution in [3.63, 3.8) is 0 Å². The van der Waals surface area contributed by atoms with Crippen molar-refractivity contribution >= 4 is 10.0 Å². The Morgan fingerprint density at radius 2 is 1.83 bits per heavy atom. The van der Waals surface area contributed by atoms with E-state index < -0.39 is 27.5 Å². The number of hydrogen-bond acceptors (Lipinski definition) is 4. The van der Waals surface area contributed by atoms with Crippen LogP contribution in [0.3, 0.4) is 0 Å². The van der Waals surface area contributed by atoms with E-state index in [1.807, 2.05) is 0 Å². The molecule has 0 saturated heterocycles. The van der Waals surface area contributed by atoms with E-state index in [-0.39, 0.29) is 10.6 Å². The first-order valence-electron chi connectivity index (χ1n) is 7.00. The van der Waals surface area contributed by atoms with Crippen molar-refractivity contribution in [1.82, 2.24) is 13.9 Å². The van der Waals surface area contributed by atoms with Gasteiger partial charge in [-0.05, 0) is 43.7 Å². The lowest BCUT2D eigenvalue weighted by atomic mass is 10.2. The van der Waals surface area contributed by atoms with E-state index in [0.29, 0.717) is 9.67 Å². The second-order valence-electron chi connectivity index (χ2n) is 5.21. The summed E-state index contributed by atoms with van der Waals surface area (Å²) in [5, 5.41) is -0.244. The Kier molecular flexibility index (Phi) is 3.92. The molecule has 124 valence electrons. The molecule has 0 aliphatic heterocycles. The highest BCUT2D eigenvalue weighted by Gasteiger charge is 2.26. The van der Waals surface area contributed by atoms with Gasteiger partial charge in [-0.2, -0.15) is 12.8 Å². The summed E-state index contributed by atoms with van der Waals surface area (Å²) in [6, 6.07) is 6.56. The van der Waals surface area contributed by atoms with Crippen molar-refractivity contribution < 1.29 is 17.2 Å². The maximum atomic E-state index is 14.2. The van der Waals surface area contributed by atoms with Gasteiger partial charge in [0, 0.05) is 18.1 Å². The molecule has 0 atom stereocenters. The Morgan fingerprint density at radius 3 is 2.50 bits per heavy atom. The number of rotatable bonds is 3. The van der Waals surface area contributed by atoms with Gasteiger partial charge < -0.3 is 0 Å². The first-order valence-corrected chi connectivity index (χ1v) is 8.44. The lowest BCUT2D eigenvalue weighted by molar-refractivity contribution is 0.575. The Hall–Kier alpha value is -2.61. The lowest BCUT2D eigenvalue weighted by Crippen LogP contribution is -2.16. The van der Waals surface area contributed by atoms with Crippen LogP contribution in [0.4, 0.5) is 8.78 Å². The van der Waals surface area contributed by atoms with Crippen LogP contribution in [0.1, 0.15) is 11.3 Å². The number of aromatic nitrogens is 3. The number of aryl methyl sites for hydroxylation is 2. The van der Waals surface area contributed by atoms with Gasteiger partial charge in [-0.15, -0.1) is 0 Å². The van der Waals surface area contributed by atoms with E-state index in [4.69, 9.17) is 0 Å². The summed E-state index contributed by atoms with van der Waals surface area (Å²) in [7, 11) is -4.18. The van der Waals surface area contributed by atoms with Crippen LogP contribution in [0.5, 0.6) is 0 Å². The van der Waals surface area contributed by atoms with Crippen LogP contribution in [0.15, 0.2) is 47.8 Å². The summed E-state index contributed by atoms with van der Waals surface area (Å²) in [4.78, 5) is 7.49. The molecule has 0 aliphatic carbocycles. The third-order valence-corrected chi connectivity index (χ3v) is 5.24. The topological polar surface area (TPSA) is 64.8 Å². The minimum Gasteiger partial charge on any atom is -0.240 e. The van der Waals surface area contributed by atoms with E-state index >= 15 is 0 Å². The van der Waals surface area contributed by atoms with Crippen LogP contribution in [-0.2, 0) is 10.0 Å². The van der Waals surface area contributed by atoms with E-state index in [9.17, 15) is 17.2 Å². The molecule has 0 amide bonds. The summed E-state index contributed by atoms with van der Waals surface area (Å²) in [5.74, 6) is -1.83. The van der Waals surface area contributed by atoms with Gasteiger partial charge in [0.05, 0.1) is 5.56 Å². The molecule has 3 heterocycles. The van der Waals surface area contributed by atoms with Crippen LogP contribution >= 0.6 is 0 Å². The van der Waals surface area contributed by atoms with Gasteiger partial charge >= 0.3 is 0 Å². The predicted octanol–water partition coefficient (Wildman–Crippen LogP) is 3.08. The normalized spacial score (nSPS) is 11.7. The molecule has 0 aromatic carbocycles. The molecule has 0 spiro atoms. The second-order valence-corrected chi connectivity index (χ2v) is 6.97. The molecule has 0 N–H and O–H groups in total. The zero-order valence-electron chi connectivity index (χ0n) is 12.9. The monoisotopic (exact) mass is 349 g/mol. The predicted molar refractivity (Wildman–Crippen MR) is 83.9 cm³/mol. The van der Waals surface area contributed by atoms with Gasteiger partial charge in [0.25, 0.3) is 10.0 Å². The zero-order valence-corrected chi connectivity index (χ0v) is 13.7. The molecule has 24 heavy (non-hydrogen) atoms. The van der Waals surface area contributed by atoms with Crippen molar-refractivity contribution in [1.29, 1.82) is 0 Å². The van der Waals surface area contributed by atoms with E-state index in [1.165, 1.54) is 24.4 Å². The second kappa shape index (κ2) is 5.79. The fourth-order valence-corrected chi connectivity index (χ4v) is 3.60. The average molecular weight is 349 g/mol. The SMILES string of the molecule is Cc1ccc(S(=O)(=O)n2ccc(F)c2-c2cccnc2F)nc1C. The van der Waals surface area contributed by atoms with Crippen molar-refractivity contribution in [2.75, 3.05) is 0 Å². The van der Waals surface area contributed by atoms with Crippen molar-refractivity contribution in [3.05, 3.63) is 65.7 Å². The minimum absolute atomic E-state index is 0.243. The molecule has 3 aromatic rings. The van der Waals surface area contributed by atoms with E-state index in [0.717, 1.165) is 17.8 Å². The molecule has 3 aromatic heterocycles. The fourth-order valence-electron chi connectivity index (χ4n) is 2.25. The summed E-state index contributed by atoms with van der Waals surface area (Å²) in [6.45, 7) is 3.47. The van der Waals surface area contributed by atoms with Crippen molar-refractivity contribution in [2.24, 2.45) is 0 Å². The third-order valence-electron chi connectivity index (χ3n) is 3.66. The fraction of sp³-hybridized carbons (Fsp3) is 0.125. The summed E-state index contributed by atoms with van der Waals surface area (Å²) >= 11 is 0. The number of hydrogen-bond donors (Lipinski definition) is 0. The summed E-state index contributed by atoms with van der Waals surface area (Å²) < 4.78 is 54.4. The third kappa shape index (κ3) is 2.58. The largest absolute Gasteiger partial charge is 0.285 e. The minimum atomic E-state index is -4.18. The van der Waals surface area contributed by atoms with Gasteiger partial charge in [-0.25, -0.2) is 18.3 Å². The Balaban J connectivity index is 2.24. The molecular formula is C16H13F2N3O2S. The molecule has 0 fully saturated rings. The highest BCUT2D eigenvalue weighted by Crippen LogP contribution is 2.28. The Labute approximate surface area is 137 Å². The maximum Gasteiger partial charge on any atom is 0.285 e. The quantitative estimate of drug-likeness (QED) is 0.682. The van der Waals surface area contributed by atoms with Gasteiger partial charge in [0.15, 0.2) is 5.03 Å². The molecule has 5 nitrogen and oxygen atoms in total. The highest BCUT2D eigenvalue weighted by molar-refractivity contribution is 7.90. The highest BCUT2D eigenvalue weighted by atomic mass is 32.2. The van der Waals surface area contributed by atoms with Gasteiger partial charge in [-0.1, -0.05) is 6.07 Å².